The molecule has 0 atom stereocenters. The molecule has 3 rings (SSSR count). The van der Waals surface area contributed by atoms with Crippen LogP contribution in [0.25, 0.3) is 0 Å². The highest BCUT2D eigenvalue weighted by molar-refractivity contribution is 5.33. The molecular weight excluding hydrogens is 324 g/mol. The molecule has 2 aliphatic rings. The zero-order valence-electron chi connectivity index (χ0n) is 16.7. The molecule has 2 aliphatic heterocycles. The number of ether oxygens (including phenoxy) is 1. The van der Waals surface area contributed by atoms with Crippen LogP contribution in [-0.4, -0.2) is 98.7 Å². The van der Waals surface area contributed by atoms with Crippen molar-refractivity contribution in [1.29, 1.82) is 0 Å². The van der Waals surface area contributed by atoms with Crippen LogP contribution in [0.4, 0.5) is 0 Å². The van der Waals surface area contributed by atoms with E-state index >= 15 is 0 Å². The Labute approximate surface area is 159 Å². The summed E-state index contributed by atoms with van der Waals surface area (Å²) in [5.41, 5.74) is 1.33. The normalized spacial score (nSPS) is 21.6. The van der Waals surface area contributed by atoms with Crippen LogP contribution in [-0.2, 0) is 6.54 Å². The summed E-state index contributed by atoms with van der Waals surface area (Å²) in [7, 11) is 2.22. The van der Waals surface area contributed by atoms with Crippen LogP contribution in [0.3, 0.4) is 0 Å². The lowest BCUT2D eigenvalue weighted by Gasteiger charge is -2.33. The summed E-state index contributed by atoms with van der Waals surface area (Å²) in [6.07, 6.45) is 1.25. The molecule has 2 heterocycles. The van der Waals surface area contributed by atoms with Crippen molar-refractivity contribution in [2.45, 2.75) is 19.9 Å². The number of piperazine rings is 1. The molecule has 1 aromatic carbocycles. The predicted molar refractivity (Wildman–Crippen MR) is 108 cm³/mol. The number of rotatable bonds is 7. The Hall–Kier alpha value is -1.14. The van der Waals surface area contributed by atoms with E-state index in [-0.39, 0.29) is 0 Å². The molecule has 0 aliphatic carbocycles. The van der Waals surface area contributed by atoms with Gasteiger partial charge in [-0.25, -0.2) is 0 Å². The first-order valence-corrected chi connectivity index (χ1v) is 10.3. The second-order valence-corrected chi connectivity index (χ2v) is 7.67. The van der Waals surface area contributed by atoms with Crippen molar-refractivity contribution in [3.05, 3.63) is 29.8 Å². The Kier molecular flexibility index (Phi) is 7.74. The molecule has 5 nitrogen and oxygen atoms in total. The van der Waals surface area contributed by atoms with E-state index in [9.17, 15) is 0 Å². The lowest BCUT2D eigenvalue weighted by molar-refractivity contribution is 0.120. The van der Waals surface area contributed by atoms with E-state index in [0.717, 1.165) is 38.5 Å². The van der Waals surface area contributed by atoms with Gasteiger partial charge in [0.15, 0.2) is 0 Å². The molecule has 5 heteroatoms. The Morgan fingerprint density at radius 2 is 1.58 bits per heavy atom. The van der Waals surface area contributed by atoms with Crippen LogP contribution in [0.15, 0.2) is 24.3 Å². The average Bonchev–Trinajstić information content (AvgIpc) is 2.88. The van der Waals surface area contributed by atoms with E-state index in [0.29, 0.717) is 0 Å². The van der Waals surface area contributed by atoms with Gasteiger partial charge in [-0.2, -0.15) is 0 Å². The maximum Gasteiger partial charge on any atom is 0.123 e. The number of hydrogen-bond acceptors (Lipinski definition) is 5. The smallest absolute Gasteiger partial charge is 0.123 e. The van der Waals surface area contributed by atoms with Crippen molar-refractivity contribution < 1.29 is 4.74 Å². The maximum atomic E-state index is 6.19. The summed E-state index contributed by atoms with van der Waals surface area (Å²) in [6, 6.07) is 8.59. The highest BCUT2D eigenvalue weighted by atomic mass is 16.5. The van der Waals surface area contributed by atoms with Gasteiger partial charge in [-0.05, 0) is 39.2 Å². The molecule has 0 N–H and O–H groups in total. The third-order valence-electron chi connectivity index (χ3n) is 5.76. The quantitative estimate of drug-likeness (QED) is 0.738. The van der Waals surface area contributed by atoms with Gasteiger partial charge in [0, 0.05) is 57.9 Å². The standard InChI is InChI=1S/C21H36N4O/c1-3-23-13-15-24(16-14-23)17-18-26-21-8-5-4-7-20(21)19-25-10-6-9-22(2)11-12-25/h4-5,7-8H,3,6,9-19H2,1-2H3. The Balaban J connectivity index is 1.46. The van der Waals surface area contributed by atoms with E-state index < -0.39 is 0 Å². The van der Waals surface area contributed by atoms with Gasteiger partial charge in [0.2, 0.25) is 0 Å². The van der Waals surface area contributed by atoms with Crippen molar-refractivity contribution in [2.24, 2.45) is 0 Å². The molecule has 0 unspecified atom stereocenters. The highest BCUT2D eigenvalue weighted by Crippen LogP contribution is 2.20. The van der Waals surface area contributed by atoms with Crippen LogP contribution in [0.5, 0.6) is 5.75 Å². The Morgan fingerprint density at radius 1 is 0.846 bits per heavy atom. The fraction of sp³-hybridized carbons (Fsp3) is 0.714. The van der Waals surface area contributed by atoms with Crippen LogP contribution < -0.4 is 4.74 Å². The molecule has 0 aromatic heterocycles. The first-order valence-electron chi connectivity index (χ1n) is 10.3. The highest BCUT2D eigenvalue weighted by Gasteiger charge is 2.16. The summed E-state index contributed by atoms with van der Waals surface area (Å²) >= 11 is 0. The second-order valence-electron chi connectivity index (χ2n) is 7.67. The Morgan fingerprint density at radius 3 is 2.38 bits per heavy atom. The first kappa shape index (κ1) is 19.6. The maximum absolute atomic E-state index is 6.19. The van der Waals surface area contributed by atoms with Crippen LogP contribution in [0.1, 0.15) is 18.9 Å². The summed E-state index contributed by atoms with van der Waals surface area (Å²) in [5.74, 6) is 1.07. The van der Waals surface area contributed by atoms with E-state index in [1.807, 2.05) is 0 Å². The zero-order valence-corrected chi connectivity index (χ0v) is 16.7. The number of para-hydroxylation sites is 1. The van der Waals surface area contributed by atoms with Gasteiger partial charge in [0.25, 0.3) is 0 Å². The van der Waals surface area contributed by atoms with E-state index in [4.69, 9.17) is 4.74 Å². The zero-order chi connectivity index (χ0) is 18.2. The molecule has 26 heavy (non-hydrogen) atoms. The molecule has 0 spiro atoms. The van der Waals surface area contributed by atoms with Gasteiger partial charge < -0.3 is 14.5 Å². The molecular formula is C21H36N4O. The third kappa shape index (κ3) is 5.95. The van der Waals surface area contributed by atoms with Crippen LogP contribution in [0.2, 0.25) is 0 Å². The van der Waals surface area contributed by atoms with Gasteiger partial charge in [-0.1, -0.05) is 25.1 Å². The summed E-state index contributed by atoms with van der Waals surface area (Å²) < 4.78 is 6.19. The van der Waals surface area contributed by atoms with Crippen LogP contribution >= 0.6 is 0 Å². The van der Waals surface area contributed by atoms with Gasteiger partial charge in [-0.15, -0.1) is 0 Å². The van der Waals surface area contributed by atoms with Crippen molar-refractivity contribution in [1.82, 2.24) is 19.6 Å². The molecule has 0 radical (unpaired) electrons. The summed E-state index contributed by atoms with van der Waals surface area (Å²) in [5, 5.41) is 0. The fourth-order valence-electron chi connectivity index (χ4n) is 3.89. The van der Waals surface area contributed by atoms with Crippen molar-refractivity contribution >= 4 is 0 Å². The third-order valence-corrected chi connectivity index (χ3v) is 5.76. The monoisotopic (exact) mass is 360 g/mol. The molecule has 2 saturated heterocycles. The number of benzene rings is 1. The Bertz CT molecular complexity index is 530. The molecule has 146 valence electrons. The fourth-order valence-corrected chi connectivity index (χ4v) is 3.89. The van der Waals surface area contributed by atoms with Crippen molar-refractivity contribution in [3.63, 3.8) is 0 Å². The number of hydrogen-bond donors (Lipinski definition) is 0. The minimum absolute atomic E-state index is 0.784. The average molecular weight is 361 g/mol. The molecule has 0 saturated carbocycles. The SMILES string of the molecule is CCN1CCN(CCOc2ccccc2CN2CCCN(C)CC2)CC1. The molecule has 1 aromatic rings. The van der Waals surface area contributed by atoms with E-state index in [1.165, 1.54) is 57.8 Å². The summed E-state index contributed by atoms with van der Waals surface area (Å²) in [4.78, 5) is 10.0. The predicted octanol–water partition coefficient (Wildman–Crippen LogP) is 1.84. The minimum Gasteiger partial charge on any atom is -0.492 e. The van der Waals surface area contributed by atoms with Crippen molar-refractivity contribution in [3.8, 4) is 5.75 Å². The van der Waals surface area contributed by atoms with E-state index in [2.05, 4.69) is 57.8 Å². The van der Waals surface area contributed by atoms with Gasteiger partial charge in [0.05, 0.1) is 0 Å². The van der Waals surface area contributed by atoms with Gasteiger partial charge in [0.1, 0.15) is 12.4 Å². The lowest BCUT2D eigenvalue weighted by Crippen LogP contribution is -2.47. The topological polar surface area (TPSA) is 22.2 Å². The number of nitrogens with zero attached hydrogens (tertiary/aromatic N) is 4. The number of likely N-dealkylation sites (N-methyl/N-ethyl adjacent to an activating group) is 2. The van der Waals surface area contributed by atoms with E-state index in [1.54, 1.807) is 0 Å². The van der Waals surface area contributed by atoms with Crippen molar-refractivity contribution in [2.75, 3.05) is 79.1 Å². The molecule has 0 amide bonds. The second kappa shape index (κ2) is 10.3. The van der Waals surface area contributed by atoms with Gasteiger partial charge >= 0.3 is 0 Å². The lowest BCUT2D eigenvalue weighted by atomic mass is 10.2. The largest absolute Gasteiger partial charge is 0.492 e. The van der Waals surface area contributed by atoms with Gasteiger partial charge in [-0.3, -0.25) is 9.80 Å². The molecule has 0 bridgehead atoms. The summed E-state index contributed by atoms with van der Waals surface area (Å²) in [6.45, 7) is 15.6. The first-order chi connectivity index (χ1) is 12.7. The molecule has 2 fully saturated rings. The minimum atomic E-state index is 0.784. The van der Waals surface area contributed by atoms with Crippen LogP contribution in [0, 0.1) is 0 Å².